The maximum atomic E-state index is 12.8. The summed E-state index contributed by atoms with van der Waals surface area (Å²) in [5.41, 5.74) is 6.25. The Morgan fingerprint density at radius 2 is 2.00 bits per heavy atom. The Balaban J connectivity index is 1.68. The summed E-state index contributed by atoms with van der Waals surface area (Å²) < 4.78 is 27.0. The molecule has 0 saturated carbocycles. The molecule has 7 nitrogen and oxygen atoms in total. The molecule has 1 fully saturated rings. The van der Waals surface area contributed by atoms with Crippen molar-refractivity contribution in [3.8, 4) is 0 Å². The maximum absolute atomic E-state index is 12.8. The number of nitrogens with one attached hydrogen (secondary N) is 1. The zero-order valence-electron chi connectivity index (χ0n) is 16.9. The summed E-state index contributed by atoms with van der Waals surface area (Å²) in [5, 5.41) is 4.49. The summed E-state index contributed by atoms with van der Waals surface area (Å²) in [6, 6.07) is 3.24. The van der Waals surface area contributed by atoms with Crippen LogP contribution in [0.25, 0.3) is 0 Å². The van der Waals surface area contributed by atoms with Gasteiger partial charge in [-0.1, -0.05) is 18.2 Å². The van der Waals surface area contributed by atoms with Crippen LogP contribution < -0.4 is 5.43 Å². The van der Waals surface area contributed by atoms with Crippen molar-refractivity contribution in [3.05, 3.63) is 42.1 Å². The Morgan fingerprint density at radius 3 is 2.61 bits per heavy atom. The molecule has 1 aromatic heterocycles. The first-order valence-electron chi connectivity index (χ1n) is 9.57. The molecule has 28 heavy (non-hydrogen) atoms. The van der Waals surface area contributed by atoms with Crippen LogP contribution in [0.2, 0.25) is 0 Å². The van der Waals surface area contributed by atoms with Gasteiger partial charge in [0.05, 0.1) is 5.71 Å². The quantitative estimate of drug-likeness (QED) is 0.604. The van der Waals surface area contributed by atoms with Gasteiger partial charge >= 0.3 is 0 Å². The highest BCUT2D eigenvalue weighted by atomic mass is 32.2. The summed E-state index contributed by atoms with van der Waals surface area (Å²) in [7, 11) is -1.51. The Hall–Kier alpha value is -2.03. The normalized spacial score (nSPS) is 23.5. The molecule has 0 bridgehead atoms. The van der Waals surface area contributed by atoms with Crippen LogP contribution in [0.5, 0.6) is 0 Å². The first kappa shape index (κ1) is 20.7. The van der Waals surface area contributed by atoms with E-state index in [1.54, 1.807) is 12.1 Å². The van der Waals surface area contributed by atoms with Gasteiger partial charge in [-0.05, 0) is 57.4 Å². The minimum absolute atomic E-state index is 0.214. The van der Waals surface area contributed by atoms with Crippen molar-refractivity contribution < 1.29 is 8.42 Å². The summed E-state index contributed by atoms with van der Waals surface area (Å²) in [6.07, 6.45) is 5.43. The smallest absolute Gasteiger partial charge is 0.244 e. The number of nitrogens with zero attached hydrogens (tertiary/aromatic N) is 4. The van der Waals surface area contributed by atoms with E-state index in [2.05, 4.69) is 33.1 Å². The second-order valence-electron chi connectivity index (χ2n) is 7.63. The molecule has 1 aromatic rings. The number of allylic oxidation sites excluding steroid dienone is 3. The van der Waals surface area contributed by atoms with Gasteiger partial charge in [0, 0.05) is 32.4 Å². The number of anilines is 1. The van der Waals surface area contributed by atoms with E-state index < -0.39 is 10.0 Å². The third-order valence-corrected chi connectivity index (χ3v) is 7.32. The minimum atomic E-state index is -3.50. The molecule has 1 aliphatic heterocycles. The number of piperazine rings is 1. The van der Waals surface area contributed by atoms with Crippen LogP contribution >= 0.6 is 0 Å². The monoisotopic (exact) mass is 403 g/mol. The van der Waals surface area contributed by atoms with Crippen molar-refractivity contribution in [1.29, 1.82) is 0 Å². The maximum Gasteiger partial charge on any atom is 0.244 e. The third-order valence-electron chi connectivity index (χ3n) is 5.44. The van der Waals surface area contributed by atoms with Gasteiger partial charge in [0.1, 0.15) is 10.7 Å². The standard InChI is InChI=1S/C20H29N5O2S/c1-15(2)17-6-5-16(3)19(13-17)22-23-20-8-7-18(14-21-20)28(26,27)25-11-9-24(4)10-12-25/h5,7-8,14,17H,1,6,9-13H2,2-4H3,(H,21,23)/b22-19-. The molecule has 1 unspecified atom stereocenters. The van der Waals surface area contributed by atoms with Gasteiger partial charge < -0.3 is 4.90 Å². The second kappa shape index (κ2) is 8.55. The van der Waals surface area contributed by atoms with Crippen LogP contribution in [0, 0.1) is 5.92 Å². The van der Waals surface area contributed by atoms with Crippen molar-refractivity contribution in [3.63, 3.8) is 0 Å². The molecule has 0 radical (unpaired) electrons. The number of hydrogen-bond acceptors (Lipinski definition) is 6. The number of sulfonamides is 1. The van der Waals surface area contributed by atoms with E-state index >= 15 is 0 Å². The van der Waals surface area contributed by atoms with Crippen LogP contribution in [0.4, 0.5) is 5.82 Å². The molecular formula is C20H29N5O2S. The highest BCUT2D eigenvalue weighted by Crippen LogP contribution is 2.26. The molecule has 0 spiro atoms. The molecule has 1 aliphatic carbocycles. The van der Waals surface area contributed by atoms with E-state index in [1.165, 1.54) is 10.5 Å². The lowest BCUT2D eigenvalue weighted by Crippen LogP contribution is -2.47. The summed E-state index contributed by atoms with van der Waals surface area (Å²) in [6.45, 7) is 10.6. The molecule has 1 N–H and O–H groups in total. The largest absolute Gasteiger partial charge is 0.304 e. The topological polar surface area (TPSA) is 77.9 Å². The summed E-state index contributed by atoms with van der Waals surface area (Å²) in [4.78, 5) is 6.58. The molecule has 152 valence electrons. The van der Waals surface area contributed by atoms with Gasteiger partial charge in [-0.25, -0.2) is 13.4 Å². The summed E-state index contributed by atoms with van der Waals surface area (Å²) in [5.74, 6) is 0.934. The highest BCUT2D eigenvalue weighted by Gasteiger charge is 2.27. The lowest BCUT2D eigenvalue weighted by Gasteiger charge is -2.31. The SMILES string of the molecule is C=C(C)C1CC=C(C)/C(=N\Nc2ccc(S(=O)(=O)N3CCN(C)CC3)cn2)C1. The molecule has 1 atom stereocenters. The van der Waals surface area contributed by atoms with E-state index in [1.807, 2.05) is 20.9 Å². The van der Waals surface area contributed by atoms with E-state index in [-0.39, 0.29) is 4.90 Å². The van der Waals surface area contributed by atoms with Crippen LogP contribution in [0.3, 0.4) is 0 Å². The predicted octanol–water partition coefficient (Wildman–Crippen LogP) is 2.72. The lowest BCUT2D eigenvalue weighted by atomic mass is 9.85. The molecule has 0 amide bonds. The second-order valence-corrected chi connectivity index (χ2v) is 9.56. The zero-order chi connectivity index (χ0) is 20.3. The molecule has 8 heteroatoms. The van der Waals surface area contributed by atoms with E-state index in [0.29, 0.717) is 24.8 Å². The average molecular weight is 404 g/mol. The number of hydrazone groups is 1. The molecule has 3 rings (SSSR count). The average Bonchev–Trinajstić information content (AvgIpc) is 2.68. The molecule has 2 heterocycles. The zero-order valence-corrected chi connectivity index (χ0v) is 17.7. The Morgan fingerprint density at radius 1 is 1.29 bits per heavy atom. The van der Waals surface area contributed by atoms with E-state index in [4.69, 9.17) is 0 Å². The Bertz CT molecular complexity index is 882. The fourth-order valence-corrected chi connectivity index (χ4v) is 4.69. The van der Waals surface area contributed by atoms with Crippen LogP contribution in [0.15, 0.2) is 52.1 Å². The number of likely N-dealkylation sites (N-methyl/N-ethyl adjacent to an activating group) is 1. The van der Waals surface area contributed by atoms with Crippen molar-refractivity contribution in [2.75, 3.05) is 38.7 Å². The number of aromatic nitrogens is 1. The number of pyridine rings is 1. The fourth-order valence-electron chi connectivity index (χ4n) is 3.33. The lowest BCUT2D eigenvalue weighted by molar-refractivity contribution is 0.222. The highest BCUT2D eigenvalue weighted by molar-refractivity contribution is 7.89. The van der Waals surface area contributed by atoms with Crippen LogP contribution in [-0.4, -0.2) is 61.5 Å². The number of hydrogen-bond donors (Lipinski definition) is 1. The third kappa shape index (κ3) is 4.68. The van der Waals surface area contributed by atoms with Crippen LogP contribution in [-0.2, 0) is 10.0 Å². The molecule has 1 saturated heterocycles. The van der Waals surface area contributed by atoms with E-state index in [0.717, 1.165) is 42.8 Å². The van der Waals surface area contributed by atoms with Crippen LogP contribution in [0.1, 0.15) is 26.7 Å². The van der Waals surface area contributed by atoms with Gasteiger partial charge in [0.15, 0.2) is 0 Å². The first-order valence-corrected chi connectivity index (χ1v) is 11.0. The first-order chi connectivity index (χ1) is 13.3. The predicted molar refractivity (Wildman–Crippen MR) is 113 cm³/mol. The molecule has 2 aliphatic rings. The van der Waals surface area contributed by atoms with Crippen molar-refractivity contribution >= 4 is 21.6 Å². The summed E-state index contributed by atoms with van der Waals surface area (Å²) >= 11 is 0. The molecular weight excluding hydrogens is 374 g/mol. The minimum Gasteiger partial charge on any atom is -0.304 e. The van der Waals surface area contributed by atoms with Crippen molar-refractivity contribution in [2.24, 2.45) is 11.0 Å². The van der Waals surface area contributed by atoms with Gasteiger partial charge in [0.25, 0.3) is 0 Å². The van der Waals surface area contributed by atoms with Gasteiger partial charge in [-0.15, -0.1) is 0 Å². The fraction of sp³-hybridized carbons (Fsp3) is 0.500. The van der Waals surface area contributed by atoms with Crippen molar-refractivity contribution in [1.82, 2.24) is 14.2 Å². The van der Waals surface area contributed by atoms with Gasteiger partial charge in [-0.3, -0.25) is 5.43 Å². The van der Waals surface area contributed by atoms with E-state index in [9.17, 15) is 8.42 Å². The van der Waals surface area contributed by atoms with Crippen molar-refractivity contribution in [2.45, 2.75) is 31.6 Å². The molecule has 0 aromatic carbocycles. The van der Waals surface area contributed by atoms with Gasteiger partial charge in [0.2, 0.25) is 10.0 Å². The van der Waals surface area contributed by atoms with Gasteiger partial charge in [-0.2, -0.15) is 9.41 Å². The Labute approximate surface area is 167 Å². The Kier molecular flexibility index (Phi) is 6.32. The number of rotatable bonds is 5.